The average Bonchev–Trinajstić information content (AvgIpc) is 3.05. The molecular formula is C15H25N3O. The first-order chi connectivity index (χ1) is 9.28. The van der Waals surface area contributed by atoms with Gasteiger partial charge < -0.3 is 4.74 Å². The van der Waals surface area contributed by atoms with Crippen LogP contribution in [0.3, 0.4) is 0 Å². The lowest BCUT2D eigenvalue weighted by Crippen LogP contribution is -2.53. The summed E-state index contributed by atoms with van der Waals surface area (Å²) in [6.45, 7) is 4.90. The van der Waals surface area contributed by atoms with Gasteiger partial charge in [-0.3, -0.25) is 10.2 Å². The summed E-state index contributed by atoms with van der Waals surface area (Å²) in [7, 11) is 0. The molecule has 1 heterocycles. The minimum absolute atomic E-state index is 0.272. The molecule has 0 aromatic rings. The summed E-state index contributed by atoms with van der Waals surface area (Å²) in [6.07, 6.45) is 7.41. The Morgan fingerprint density at radius 2 is 2.32 bits per heavy atom. The zero-order valence-corrected chi connectivity index (χ0v) is 11.9. The van der Waals surface area contributed by atoms with Crippen molar-refractivity contribution in [2.24, 2.45) is 0 Å². The van der Waals surface area contributed by atoms with E-state index in [4.69, 9.17) is 4.74 Å². The molecule has 4 heteroatoms. The molecule has 3 rings (SSSR count). The smallest absolute Gasteiger partial charge is 0.108 e. The number of nitrogens with one attached hydrogen (secondary N) is 1. The summed E-state index contributed by atoms with van der Waals surface area (Å²) >= 11 is 0. The van der Waals surface area contributed by atoms with Crippen LogP contribution in [0.4, 0.5) is 0 Å². The van der Waals surface area contributed by atoms with Crippen molar-refractivity contribution in [3.05, 3.63) is 0 Å². The summed E-state index contributed by atoms with van der Waals surface area (Å²) in [5, 5.41) is 12.9. The highest BCUT2D eigenvalue weighted by atomic mass is 16.5. The Morgan fingerprint density at radius 1 is 1.42 bits per heavy atom. The molecule has 1 aliphatic heterocycles. The predicted octanol–water partition coefficient (Wildman–Crippen LogP) is 1.66. The molecular weight excluding hydrogens is 238 g/mol. The van der Waals surface area contributed by atoms with Crippen LogP contribution in [0.2, 0.25) is 0 Å². The van der Waals surface area contributed by atoms with Gasteiger partial charge in [0.15, 0.2) is 0 Å². The van der Waals surface area contributed by atoms with E-state index in [-0.39, 0.29) is 5.54 Å². The van der Waals surface area contributed by atoms with Gasteiger partial charge in [0.25, 0.3) is 0 Å². The third-order valence-corrected chi connectivity index (χ3v) is 5.21. The molecule has 19 heavy (non-hydrogen) atoms. The van der Waals surface area contributed by atoms with Crippen LogP contribution < -0.4 is 5.32 Å². The predicted molar refractivity (Wildman–Crippen MR) is 73.7 cm³/mol. The summed E-state index contributed by atoms with van der Waals surface area (Å²) in [5.74, 6) is 0. The molecule has 0 bridgehead atoms. The van der Waals surface area contributed by atoms with Gasteiger partial charge in [-0.05, 0) is 45.1 Å². The average molecular weight is 263 g/mol. The summed E-state index contributed by atoms with van der Waals surface area (Å²) < 4.78 is 5.90. The number of hydrogen-bond acceptors (Lipinski definition) is 4. The second-order valence-corrected chi connectivity index (χ2v) is 6.27. The molecule has 4 unspecified atom stereocenters. The molecule has 3 fully saturated rings. The molecule has 3 aliphatic rings. The standard InChI is InChI=1S/C15H25N3O/c1-2-17-15(11-16)7-6-12(10-15)18-8-9-19-14-5-3-4-13(14)18/h12-14,17H,2-10H2,1H3. The van der Waals surface area contributed by atoms with E-state index in [1.807, 2.05) is 0 Å². The molecule has 1 N–H and O–H groups in total. The Labute approximate surface area is 116 Å². The third-order valence-electron chi connectivity index (χ3n) is 5.21. The lowest BCUT2D eigenvalue weighted by Gasteiger charge is -2.41. The Balaban J connectivity index is 1.68. The van der Waals surface area contributed by atoms with Gasteiger partial charge in [-0.2, -0.15) is 5.26 Å². The molecule has 4 atom stereocenters. The third kappa shape index (κ3) is 2.40. The van der Waals surface area contributed by atoms with Crippen molar-refractivity contribution < 1.29 is 4.74 Å². The summed E-state index contributed by atoms with van der Waals surface area (Å²) in [6, 6.07) is 3.74. The van der Waals surface area contributed by atoms with Crippen molar-refractivity contribution in [3.63, 3.8) is 0 Å². The largest absolute Gasteiger partial charge is 0.375 e. The fraction of sp³-hybridized carbons (Fsp3) is 0.933. The van der Waals surface area contributed by atoms with Gasteiger partial charge in [0.05, 0.1) is 18.8 Å². The number of nitrogens with zero attached hydrogens (tertiary/aromatic N) is 2. The van der Waals surface area contributed by atoms with Gasteiger partial charge in [-0.25, -0.2) is 0 Å². The number of fused-ring (bicyclic) bond motifs is 1. The van der Waals surface area contributed by atoms with Crippen LogP contribution in [0.25, 0.3) is 0 Å². The molecule has 2 saturated carbocycles. The molecule has 2 aliphatic carbocycles. The molecule has 0 radical (unpaired) electrons. The zero-order chi connectivity index (χ0) is 13.3. The van der Waals surface area contributed by atoms with E-state index in [2.05, 4.69) is 23.2 Å². The first kappa shape index (κ1) is 13.4. The molecule has 0 aromatic carbocycles. The molecule has 4 nitrogen and oxygen atoms in total. The molecule has 106 valence electrons. The van der Waals surface area contributed by atoms with Gasteiger partial charge >= 0.3 is 0 Å². The fourth-order valence-corrected chi connectivity index (χ4v) is 4.35. The van der Waals surface area contributed by atoms with Crippen LogP contribution in [0.1, 0.15) is 45.4 Å². The number of hydrogen-bond donors (Lipinski definition) is 1. The van der Waals surface area contributed by atoms with E-state index in [1.54, 1.807) is 0 Å². The van der Waals surface area contributed by atoms with Gasteiger partial charge in [0.2, 0.25) is 0 Å². The van der Waals surface area contributed by atoms with Gasteiger partial charge in [0, 0.05) is 18.6 Å². The highest BCUT2D eigenvalue weighted by Crippen LogP contribution is 2.38. The van der Waals surface area contributed by atoms with E-state index < -0.39 is 0 Å². The van der Waals surface area contributed by atoms with E-state index in [0.717, 1.165) is 39.0 Å². The summed E-state index contributed by atoms with van der Waals surface area (Å²) in [5.41, 5.74) is -0.272. The van der Waals surface area contributed by atoms with Crippen molar-refractivity contribution in [1.29, 1.82) is 5.26 Å². The highest BCUT2D eigenvalue weighted by Gasteiger charge is 2.46. The number of rotatable bonds is 3. The van der Waals surface area contributed by atoms with Crippen molar-refractivity contribution in [2.75, 3.05) is 19.7 Å². The molecule has 0 amide bonds. The maximum absolute atomic E-state index is 9.50. The highest BCUT2D eigenvalue weighted by molar-refractivity contribution is 5.14. The first-order valence-electron chi connectivity index (χ1n) is 7.81. The second-order valence-electron chi connectivity index (χ2n) is 6.27. The maximum atomic E-state index is 9.50. The fourth-order valence-electron chi connectivity index (χ4n) is 4.35. The minimum atomic E-state index is -0.272. The Kier molecular flexibility index (Phi) is 3.79. The van der Waals surface area contributed by atoms with Crippen LogP contribution in [0, 0.1) is 11.3 Å². The Morgan fingerprint density at radius 3 is 3.11 bits per heavy atom. The number of nitriles is 1. The van der Waals surface area contributed by atoms with Crippen LogP contribution >= 0.6 is 0 Å². The molecule has 1 saturated heterocycles. The quantitative estimate of drug-likeness (QED) is 0.841. The van der Waals surface area contributed by atoms with E-state index in [0.29, 0.717) is 18.2 Å². The second kappa shape index (κ2) is 5.40. The maximum Gasteiger partial charge on any atom is 0.108 e. The van der Waals surface area contributed by atoms with Crippen LogP contribution in [0.15, 0.2) is 0 Å². The van der Waals surface area contributed by atoms with Crippen LogP contribution in [-0.2, 0) is 4.74 Å². The zero-order valence-electron chi connectivity index (χ0n) is 11.9. The van der Waals surface area contributed by atoms with Crippen LogP contribution in [0.5, 0.6) is 0 Å². The minimum Gasteiger partial charge on any atom is -0.375 e. The van der Waals surface area contributed by atoms with Crippen molar-refractivity contribution in [2.45, 2.75) is 69.2 Å². The lowest BCUT2D eigenvalue weighted by molar-refractivity contribution is -0.0712. The topological polar surface area (TPSA) is 48.3 Å². The Hall–Kier alpha value is -0.630. The SMILES string of the molecule is CCNC1(C#N)CCC(N2CCOC3CCCC32)C1. The Bertz CT molecular complexity index is 367. The lowest BCUT2D eigenvalue weighted by atomic mass is 9.98. The van der Waals surface area contributed by atoms with Crippen molar-refractivity contribution in [3.8, 4) is 6.07 Å². The van der Waals surface area contributed by atoms with E-state index in [1.165, 1.54) is 19.3 Å². The molecule has 0 aromatic heterocycles. The first-order valence-corrected chi connectivity index (χ1v) is 7.81. The number of ether oxygens (including phenoxy) is 1. The van der Waals surface area contributed by atoms with Crippen molar-refractivity contribution >= 4 is 0 Å². The molecule has 0 spiro atoms. The van der Waals surface area contributed by atoms with Gasteiger partial charge in [0.1, 0.15) is 5.54 Å². The van der Waals surface area contributed by atoms with E-state index in [9.17, 15) is 5.26 Å². The van der Waals surface area contributed by atoms with Gasteiger partial charge in [-0.15, -0.1) is 0 Å². The number of morpholine rings is 1. The van der Waals surface area contributed by atoms with Crippen molar-refractivity contribution in [1.82, 2.24) is 10.2 Å². The normalized spacial score (nSPS) is 43.1. The monoisotopic (exact) mass is 263 g/mol. The van der Waals surface area contributed by atoms with Crippen LogP contribution in [-0.4, -0.2) is 48.3 Å². The van der Waals surface area contributed by atoms with Gasteiger partial charge in [-0.1, -0.05) is 6.92 Å². The van der Waals surface area contributed by atoms with E-state index >= 15 is 0 Å². The summed E-state index contributed by atoms with van der Waals surface area (Å²) in [4.78, 5) is 2.66.